The number of hydrogen-bond donors (Lipinski definition) is 0. The zero-order valence-corrected chi connectivity index (χ0v) is 16.6. The first-order chi connectivity index (χ1) is 14.0. The highest BCUT2D eigenvalue weighted by Gasteiger charge is 2.20. The third-order valence-corrected chi connectivity index (χ3v) is 5.86. The lowest BCUT2D eigenvalue weighted by atomic mass is 10.2. The zero-order valence-electron chi connectivity index (χ0n) is 15.8. The normalized spacial score (nSPS) is 11.5. The molecule has 0 fully saturated rings. The van der Waals surface area contributed by atoms with Gasteiger partial charge in [-0.1, -0.05) is 54.6 Å². The maximum absolute atomic E-state index is 12.7. The average Bonchev–Trinajstić information content (AvgIpc) is 2.77. The summed E-state index contributed by atoms with van der Waals surface area (Å²) in [7, 11) is -2.39. The highest BCUT2D eigenvalue weighted by atomic mass is 32.2. The molecule has 0 atom stereocenters. The zero-order chi connectivity index (χ0) is 20.7. The van der Waals surface area contributed by atoms with Crippen molar-refractivity contribution in [1.29, 1.82) is 5.26 Å². The molecule has 146 valence electrons. The Hall–Kier alpha value is -3.56. The minimum atomic E-state index is -3.90. The van der Waals surface area contributed by atoms with Crippen LogP contribution >= 0.6 is 0 Å². The van der Waals surface area contributed by atoms with Crippen LogP contribution in [0.1, 0.15) is 11.1 Å². The van der Waals surface area contributed by atoms with Crippen LogP contribution in [0, 0.1) is 11.3 Å². The number of nitriles is 1. The summed E-state index contributed by atoms with van der Waals surface area (Å²) in [5.41, 5.74) is 1.53. The van der Waals surface area contributed by atoms with Gasteiger partial charge in [0.05, 0.1) is 12.0 Å². The molecule has 0 aliphatic heterocycles. The first kappa shape index (κ1) is 20.2. The molecule has 0 aliphatic carbocycles. The molecule has 0 heterocycles. The number of ether oxygens (including phenoxy) is 2. The molecule has 5 nitrogen and oxygen atoms in total. The van der Waals surface area contributed by atoms with Gasteiger partial charge in [-0.25, -0.2) is 8.42 Å². The third kappa shape index (κ3) is 4.84. The molecular weight excluding hydrogens is 386 g/mol. The smallest absolute Gasteiger partial charge is 0.216 e. The molecule has 0 N–H and O–H groups in total. The van der Waals surface area contributed by atoms with E-state index in [2.05, 4.69) is 0 Å². The highest BCUT2D eigenvalue weighted by molar-refractivity contribution is 7.95. The summed E-state index contributed by atoms with van der Waals surface area (Å²) >= 11 is 0. The van der Waals surface area contributed by atoms with Crippen LogP contribution in [0.3, 0.4) is 0 Å². The topological polar surface area (TPSA) is 76.4 Å². The molecule has 3 aromatic carbocycles. The number of rotatable bonds is 7. The van der Waals surface area contributed by atoms with Gasteiger partial charge < -0.3 is 9.47 Å². The lowest BCUT2D eigenvalue weighted by Gasteiger charge is -2.11. The van der Waals surface area contributed by atoms with Gasteiger partial charge in [0.1, 0.15) is 17.6 Å². The minimum absolute atomic E-state index is 0.0718. The van der Waals surface area contributed by atoms with Gasteiger partial charge in [0, 0.05) is 0 Å². The van der Waals surface area contributed by atoms with Crippen LogP contribution in [0.25, 0.3) is 6.08 Å². The van der Waals surface area contributed by atoms with Crippen LogP contribution in [0.2, 0.25) is 0 Å². The van der Waals surface area contributed by atoms with Crippen molar-refractivity contribution in [2.75, 3.05) is 7.11 Å². The van der Waals surface area contributed by atoms with Crippen LogP contribution in [0.4, 0.5) is 0 Å². The van der Waals surface area contributed by atoms with Gasteiger partial charge in [0.2, 0.25) is 9.84 Å². The predicted octanol–water partition coefficient (Wildman–Crippen LogP) is 4.61. The second-order valence-electron chi connectivity index (χ2n) is 6.12. The van der Waals surface area contributed by atoms with Crippen molar-refractivity contribution in [3.8, 4) is 17.6 Å². The Morgan fingerprint density at radius 3 is 2.24 bits per heavy atom. The summed E-state index contributed by atoms with van der Waals surface area (Å²) in [5, 5.41) is 9.42. The van der Waals surface area contributed by atoms with Crippen LogP contribution < -0.4 is 9.47 Å². The summed E-state index contributed by atoms with van der Waals surface area (Å²) in [4.78, 5) is -0.272. The fourth-order valence-corrected chi connectivity index (χ4v) is 3.86. The first-order valence-corrected chi connectivity index (χ1v) is 10.3. The van der Waals surface area contributed by atoms with Crippen molar-refractivity contribution in [1.82, 2.24) is 0 Å². The Morgan fingerprint density at radius 2 is 1.62 bits per heavy atom. The van der Waals surface area contributed by atoms with Crippen LogP contribution in [0.15, 0.2) is 88.7 Å². The minimum Gasteiger partial charge on any atom is -0.493 e. The number of hydrogen-bond acceptors (Lipinski definition) is 5. The number of methoxy groups -OCH3 is 1. The maximum atomic E-state index is 12.7. The predicted molar refractivity (Wildman–Crippen MR) is 111 cm³/mol. The second kappa shape index (κ2) is 9.09. The number of benzene rings is 3. The number of nitrogens with zero attached hydrogens (tertiary/aromatic N) is 1. The molecule has 29 heavy (non-hydrogen) atoms. The Morgan fingerprint density at radius 1 is 0.966 bits per heavy atom. The lowest BCUT2D eigenvalue weighted by Crippen LogP contribution is -2.03. The van der Waals surface area contributed by atoms with E-state index in [1.54, 1.807) is 42.5 Å². The van der Waals surface area contributed by atoms with E-state index in [0.717, 1.165) is 5.56 Å². The average molecular weight is 405 g/mol. The van der Waals surface area contributed by atoms with E-state index < -0.39 is 9.84 Å². The summed E-state index contributed by atoms with van der Waals surface area (Å²) in [6.07, 6.45) is 1.33. The quantitative estimate of drug-likeness (QED) is 0.537. The molecule has 0 saturated heterocycles. The number of sulfone groups is 1. The van der Waals surface area contributed by atoms with Gasteiger partial charge in [-0.05, 0) is 41.5 Å². The molecule has 0 aromatic heterocycles. The van der Waals surface area contributed by atoms with Gasteiger partial charge in [-0.15, -0.1) is 0 Å². The summed E-state index contributed by atoms with van der Waals surface area (Å²) in [6, 6.07) is 24.4. The Balaban J connectivity index is 1.87. The Bertz CT molecular complexity index is 1150. The molecule has 0 spiro atoms. The van der Waals surface area contributed by atoms with Crippen molar-refractivity contribution in [2.24, 2.45) is 0 Å². The molecule has 3 aromatic rings. The van der Waals surface area contributed by atoms with E-state index in [1.165, 1.54) is 25.3 Å². The Labute approximate surface area is 170 Å². The third-order valence-electron chi connectivity index (χ3n) is 4.18. The van der Waals surface area contributed by atoms with Crippen LogP contribution in [0.5, 0.6) is 11.5 Å². The van der Waals surface area contributed by atoms with E-state index in [0.29, 0.717) is 23.7 Å². The largest absolute Gasteiger partial charge is 0.493 e. The van der Waals surface area contributed by atoms with E-state index in [-0.39, 0.29) is 9.80 Å². The molecule has 3 rings (SSSR count). The molecule has 6 heteroatoms. The van der Waals surface area contributed by atoms with Crippen molar-refractivity contribution in [3.05, 3.63) is 94.9 Å². The molecule has 0 aliphatic rings. The maximum Gasteiger partial charge on any atom is 0.216 e. The van der Waals surface area contributed by atoms with E-state index in [1.807, 2.05) is 30.3 Å². The van der Waals surface area contributed by atoms with Gasteiger partial charge >= 0.3 is 0 Å². The van der Waals surface area contributed by atoms with E-state index in [4.69, 9.17) is 9.47 Å². The fourth-order valence-electron chi connectivity index (χ4n) is 2.68. The van der Waals surface area contributed by atoms with Gasteiger partial charge in [-0.3, -0.25) is 0 Å². The molecule has 0 unspecified atom stereocenters. The standard InChI is InChI=1S/C23H19NO4S/c1-27-23-15-19(12-13-22(23)28-17-18-8-4-2-5-9-18)14-21(16-24)29(25,26)20-10-6-3-7-11-20/h2-15H,17H2,1H3/b21-14-. The van der Waals surface area contributed by atoms with E-state index in [9.17, 15) is 13.7 Å². The van der Waals surface area contributed by atoms with Crippen LogP contribution in [-0.2, 0) is 16.4 Å². The van der Waals surface area contributed by atoms with Crippen molar-refractivity contribution in [3.63, 3.8) is 0 Å². The molecule has 0 saturated carbocycles. The monoisotopic (exact) mass is 405 g/mol. The van der Waals surface area contributed by atoms with Crippen molar-refractivity contribution < 1.29 is 17.9 Å². The Kier molecular flexibility index (Phi) is 6.32. The summed E-state index contributed by atoms with van der Waals surface area (Å²) in [5.74, 6) is 0.974. The first-order valence-electron chi connectivity index (χ1n) is 8.81. The fraction of sp³-hybridized carbons (Fsp3) is 0.0870. The van der Waals surface area contributed by atoms with Gasteiger partial charge in [0.15, 0.2) is 11.5 Å². The molecule has 0 radical (unpaired) electrons. The SMILES string of the molecule is COc1cc(/C=C(/C#N)S(=O)(=O)c2ccccc2)ccc1OCc1ccccc1. The summed E-state index contributed by atoms with van der Waals surface area (Å²) < 4.78 is 36.6. The summed E-state index contributed by atoms with van der Waals surface area (Å²) in [6.45, 7) is 0.373. The lowest BCUT2D eigenvalue weighted by molar-refractivity contribution is 0.284. The molecule has 0 bridgehead atoms. The molecular formula is C23H19NO4S. The van der Waals surface area contributed by atoms with Gasteiger partial charge in [0.25, 0.3) is 0 Å². The molecule has 0 amide bonds. The number of allylic oxidation sites excluding steroid dienone is 1. The van der Waals surface area contributed by atoms with Crippen molar-refractivity contribution >= 4 is 15.9 Å². The van der Waals surface area contributed by atoms with Crippen molar-refractivity contribution in [2.45, 2.75) is 11.5 Å². The van der Waals surface area contributed by atoms with Crippen LogP contribution in [-0.4, -0.2) is 15.5 Å². The van der Waals surface area contributed by atoms with E-state index >= 15 is 0 Å². The second-order valence-corrected chi connectivity index (χ2v) is 8.04. The van der Waals surface area contributed by atoms with Gasteiger partial charge in [-0.2, -0.15) is 5.26 Å². The highest BCUT2D eigenvalue weighted by Crippen LogP contribution is 2.30.